The first-order chi connectivity index (χ1) is 18.5. The molecule has 1 fully saturated rings. The summed E-state index contributed by atoms with van der Waals surface area (Å²) < 4.78 is 64.1. The minimum absolute atomic E-state index is 0. The van der Waals surface area contributed by atoms with Crippen LogP contribution in [0.4, 0.5) is 29.3 Å². The number of carbonyl (C=O) groups excluding carboxylic acids is 1. The third-order valence-electron chi connectivity index (χ3n) is 6.92. The summed E-state index contributed by atoms with van der Waals surface area (Å²) in [4.78, 5) is 25.4. The second kappa shape index (κ2) is 12.3. The van der Waals surface area contributed by atoms with Gasteiger partial charge in [0.25, 0.3) is 0 Å². The zero-order valence-corrected chi connectivity index (χ0v) is 23.0. The number of alkyl halides is 3. The molecule has 1 aliphatic heterocycles. The summed E-state index contributed by atoms with van der Waals surface area (Å²) in [7, 11) is 2.71. The van der Waals surface area contributed by atoms with E-state index < -0.39 is 23.6 Å². The molecule has 0 spiro atoms. The lowest BCUT2D eigenvalue weighted by Gasteiger charge is -2.41. The zero-order chi connectivity index (χ0) is 28.5. The summed E-state index contributed by atoms with van der Waals surface area (Å²) >= 11 is 0. The van der Waals surface area contributed by atoms with Crippen LogP contribution in [0.3, 0.4) is 0 Å². The van der Waals surface area contributed by atoms with Crippen LogP contribution in [0.2, 0.25) is 0 Å². The predicted molar refractivity (Wildman–Crippen MR) is 145 cm³/mol. The number of nitrogen functional groups attached to an aromatic ring is 1. The molecule has 1 aromatic heterocycles. The third-order valence-corrected chi connectivity index (χ3v) is 6.92. The minimum atomic E-state index is -4.45. The highest BCUT2D eigenvalue weighted by Gasteiger charge is 2.33. The maximum atomic E-state index is 15.2. The molecule has 1 aliphatic rings. The Kier molecular flexibility index (Phi) is 9.52. The number of carbonyl (C=O) groups is 1. The molecule has 0 radical (unpaired) electrons. The second-order valence-electron chi connectivity index (χ2n) is 9.26. The van der Waals surface area contributed by atoms with Crippen molar-refractivity contribution in [3.63, 3.8) is 0 Å². The zero-order valence-electron chi connectivity index (χ0n) is 22.2. The van der Waals surface area contributed by atoms with Gasteiger partial charge in [-0.3, -0.25) is 4.79 Å². The van der Waals surface area contributed by atoms with E-state index in [2.05, 4.69) is 9.97 Å². The number of halogens is 5. The number of amides is 1. The number of hydrogen-bond acceptors (Lipinski definition) is 8. The Hall–Kier alpha value is -3.58. The van der Waals surface area contributed by atoms with Crippen molar-refractivity contribution in [2.75, 3.05) is 44.5 Å². The number of ether oxygens (including phenoxy) is 2. The summed E-state index contributed by atoms with van der Waals surface area (Å²) in [6.45, 7) is 2.97. The lowest BCUT2D eigenvalue weighted by atomic mass is 10.0. The van der Waals surface area contributed by atoms with Gasteiger partial charge in [-0.1, -0.05) is 19.1 Å². The monoisotopic (exact) mass is 586 g/mol. The Labute approximate surface area is 234 Å². The van der Waals surface area contributed by atoms with Crippen molar-refractivity contribution >= 4 is 41.0 Å². The Balaban J connectivity index is 0.00000441. The molecule has 3 aromatic rings. The van der Waals surface area contributed by atoms with E-state index in [1.165, 1.54) is 32.4 Å². The van der Waals surface area contributed by atoms with Crippen LogP contribution in [-0.4, -0.2) is 60.7 Å². The van der Waals surface area contributed by atoms with Gasteiger partial charge in [-0.05, 0) is 30.2 Å². The van der Waals surface area contributed by atoms with Gasteiger partial charge in [-0.25, -0.2) is 9.37 Å². The fourth-order valence-corrected chi connectivity index (χ4v) is 4.72. The van der Waals surface area contributed by atoms with Crippen LogP contribution >= 0.6 is 12.4 Å². The number of nitrogens with zero attached hydrogens (tertiary/aromatic N) is 4. The molecule has 4 rings (SSSR count). The molecule has 1 amide bonds. The van der Waals surface area contributed by atoms with Gasteiger partial charge in [0.15, 0.2) is 17.3 Å². The van der Waals surface area contributed by atoms with E-state index in [0.717, 1.165) is 12.1 Å². The summed E-state index contributed by atoms with van der Waals surface area (Å²) in [6.07, 6.45) is -3.88. The van der Waals surface area contributed by atoms with E-state index in [0.29, 0.717) is 31.6 Å². The van der Waals surface area contributed by atoms with E-state index in [9.17, 15) is 18.0 Å². The maximum Gasteiger partial charge on any atom is 0.416 e. The van der Waals surface area contributed by atoms with Crippen molar-refractivity contribution in [3.05, 3.63) is 47.3 Å². The standard InChI is InChI=1S/C26H30F4N6O3.ClH/c1-4-16-13-35(20(37)12-18(31)14-5-7-15(8-6-14)26(28,29)30)9-10-36(16)25-33-22-17(24(32)34-25)11-19(38-2)23(39-3)21(22)27;/h5-8,11,16,18H,4,9-10,12-13,31H2,1-3H3,(H2,32,33,34);1H/t16-,18+;/m0./s1. The number of fused-ring (bicyclic) bond motifs is 1. The average molecular weight is 587 g/mol. The maximum absolute atomic E-state index is 15.2. The third kappa shape index (κ3) is 6.09. The molecule has 0 bridgehead atoms. The van der Waals surface area contributed by atoms with Crippen LogP contribution < -0.4 is 25.8 Å². The van der Waals surface area contributed by atoms with Gasteiger partial charge in [0, 0.05) is 43.5 Å². The normalized spacial score (nSPS) is 16.4. The van der Waals surface area contributed by atoms with Crippen LogP contribution in [-0.2, 0) is 11.0 Å². The van der Waals surface area contributed by atoms with Crippen molar-refractivity contribution in [2.45, 2.75) is 38.0 Å². The van der Waals surface area contributed by atoms with Gasteiger partial charge in [-0.15, -0.1) is 12.4 Å². The number of rotatable bonds is 7. The molecular weight excluding hydrogens is 556 g/mol. The smallest absolute Gasteiger partial charge is 0.416 e. The molecule has 2 atom stereocenters. The van der Waals surface area contributed by atoms with Crippen molar-refractivity contribution in [1.29, 1.82) is 0 Å². The highest BCUT2D eigenvalue weighted by molar-refractivity contribution is 5.92. The first kappa shape index (κ1) is 31.0. The number of hydrogen-bond donors (Lipinski definition) is 2. The van der Waals surface area contributed by atoms with E-state index in [1.807, 2.05) is 11.8 Å². The van der Waals surface area contributed by atoms with E-state index >= 15 is 4.39 Å². The first-order valence-electron chi connectivity index (χ1n) is 12.3. The number of aromatic nitrogens is 2. The molecule has 4 N–H and O–H groups in total. The van der Waals surface area contributed by atoms with E-state index in [4.69, 9.17) is 20.9 Å². The molecule has 1 saturated heterocycles. The molecule has 2 heterocycles. The summed E-state index contributed by atoms with van der Waals surface area (Å²) in [6, 6.07) is 5.06. The predicted octanol–water partition coefficient (Wildman–Crippen LogP) is 4.33. The van der Waals surface area contributed by atoms with Gasteiger partial charge < -0.3 is 30.7 Å². The van der Waals surface area contributed by atoms with Crippen molar-refractivity contribution in [1.82, 2.24) is 14.9 Å². The summed E-state index contributed by atoms with van der Waals surface area (Å²) in [5.41, 5.74) is 12.0. The molecule has 2 aromatic carbocycles. The molecule has 0 saturated carbocycles. The number of benzene rings is 2. The van der Waals surface area contributed by atoms with Crippen LogP contribution in [0.1, 0.15) is 36.9 Å². The Morgan fingerprint density at radius 1 is 1.15 bits per heavy atom. The topological polar surface area (TPSA) is 120 Å². The van der Waals surface area contributed by atoms with Crippen LogP contribution in [0.25, 0.3) is 10.9 Å². The molecular formula is C26H31ClF4N6O3. The summed E-state index contributed by atoms with van der Waals surface area (Å²) in [5, 5.41) is 0.285. The van der Waals surface area contributed by atoms with Crippen LogP contribution in [0, 0.1) is 5.82 Å². The largest absolute Gasteiger partial charge is 0.493 e. The number of piperazine rings is 1. The Morgan fingerprint density at radius 2 is 1.82 bits per heavy atom. The van der Waals surface area contributed by atoms with Crippen LogP contribution in [0.5, 0.6) is 11.5 Å². The molecule has 14 heteroatoms. The fraction of sp³-hybridized carbons (Fsp3) is 0.423. The Morgan fingerprint density at radius 3 is 2.40 bits per heavy atom. The lowest BCUT2D eigenvalue weighted by Crippen LogP contribution is -2.55. The van der Waals surface area contributed by atoms with Crippen LogP contribution in [0.15, 0.2) is 30.3 Å². The minimum Gasteiger partial charge on any atom is -0.493 e. The van der Waals surface area contributed by atoms with E-state index in [-0.39, 0.29) is 64.9 Å². The lowest BCUT2D eigenvalue weighted by molar-refractivity contribution is -0.137. The Bertz CT molecular complexity index is 1360. The highest BCUT2D eigenvalue weighted by Crippen LogP contribution is 2.38. The molecule has 0 aliphatic carbocycles. The molecule has 9 nitrogen and oxygen atoms in total. The first-order valence-corrected chi connectivity index (χ1v) is 12.3. The van der Waals surface area contributed by atoms with E-state index in [1.54, 1.807) is 4.90 Å². The SMILES string of the molecule is CC[C@H]1CN(C(=O)C[C@@H](N)c2ccc(C(F)(F)F)cc2)CCN1c1nc(N)c2cc(OC)c(OC)c(F)c2n1.Cl. The van der Waals surface area contributed by atoms with Gasteiger partial charge in [0.05, 0.1) is 19.8 Å². The number of methoxy groups -OCH3 is 2. The van der Waals surface area contributed by atoms with Crippen molar-refractivity contribution in [2.24, 2.45) is 5.73 Å². The quantitative estimate of drug-likeness (QED) is 0.393. The molecule has 40 heavy (non-hydrogen) atoms. The average Bonchev–Trinajstić information content (AvgIpc) is 2.92. The fourth-order valence-electron chi connectivity index (χ4n) is 4.72. The van der Waals surface area contributed by atoms with Gasteiger partial charge in [0.1, 0.15) is 11.3 Å². The number of nitrogens with two attached hydrogens (primary N) is 2. The second-order valence-corrected chi connectivity index (χ2v) is 9.26. The number of anilines is 2. The van der Waals surface area contributed by atoms with Crippen molar-refractivity contribution < 1.29 is 31.8 Å². The summed E-state index contributed by atoms with van der Waals surface area (Å²) in [5.74, 6) is -0.569. The molecule has 0 unspecified atom stereocenters. The van der Waals surface area contributed by atoms with Crippen molar-refractivity contribution in [3.8, 4) is 11.5 Å². The molecule has 218 valence electrons. The highest BCUT2D eigenvalue weighted by atomic mass is 35.5. The van der Waals surface area contributed by atoms with Gasteiger partial charge in [0.2, 0.25) is 11.9 Å². The van der Waals surface area contributed by atoms with Gasteiger partial charge in [-0.2, -0.15) is 18.2 Å². The van der Waals surface area contributed by atoms with Gasteiger partial charge >= 0.3 is 6.18 Å².